The minimum absolute atomic E-state index is 0.0105. The number of aliphatic hydroxyl groups is 1. The standard InChI is InChI=1S/C21H25N3O5S2/c1-23-12-10-16-14-17(4-9-20(16)23)21(25)15-22-31(28,29)19-7-5-18(6-8-19)24-11-2-3-13-30(24,26)27/h4-10,12,14,21-22,25H,2-3,11,13,15H2,1H3. The fourth-order valence-corrected chi connectivity index (χ4v) is 6.45. The van der Waals surface area contributed by atoms with Crippen molar-refractivity contribution in [2.45, 2.75) is 23.8 Å². The third-order valence-corrected chi connectivity index (χ3v) is 8.85. The maximum Gasteiger partial charge on any atom is 0.240 e. The van der Waals surface area contributed by atoms with Gasteiger partial charge in [-0.25, -0.2) is 21.6 Å². The molecule has 2 heterocycles. The maximum atomic E-state index is 12.6. The fraction of sp³-hybridized carbons (Fsp3) is 0.333. The van der Waals surface area contributed by atoms with E-state index in [4.69, 9.17) is 0 Å². The predicted molar refractivity (Wildman–Crippen MR) is 120 cm³/mol. The quantitative estimate of drug-likeness (QED) is 0.582. The normalized spacial score (nSPS) is 17.7. The van der Waals surface area contributed by atoms with Crippen LogP contribution in [0.5, 0.6) is 0 Å². The molecule has 2 N–H and O–H groups in total. The van der Waals surface area contributed by atoms with E-state index in [0.29, 0.717) is 24.2 Å². The van der Waals surface area contributed by atoms with E-state index in [0.717, 1.165) is 17.3 Å². The Morgan fingerprint density at radius 2 is 1.84 bits per heavy atom. The number of nitrogens with one attached hydrogen (secondary N) is 1. The van der Waals surface area contributed by atoms with Crippen molar-refractivity contribution in [1.82, 2.24) is 9.29 Å². The lowest BCUT2D eigenvalue weighted by Crippen LogP contribution is -2.37. The summed E-state index contributed by atoms with van der Waals surface area (Å²) in [5, 5.41) is 11.4. The second-order valence-electron chi connectivity index (χ2n) is 7.70. The van der Waals surface area contributed by atoms with Crippen molar-refractivity contribution in [3.05, 3.63) is 60.3 Å². The monoisotopic (exact) mass is 463 g/mol. The predicted octanol–water partition coefficient (Wildman–Crippen LogP) is 2.12. The highest BCUT2D eigenvalue weighted by Gasteiger charge is 2.26. The zero-order chi connectivity index (χ0) is 22.2. The van der Waals surface area contributed by atoms with Crippen molar-refractivity contribution in [3.63, 3.8) is 0 Å². The molecule has 0 saturated carbocycles. The van der Waals surface area contributed by atoms with Gasteiger partial charge in [0.1, 0.15) is 0 Å². The number of aliphatic hydroxyl groups excluding tert-OH is 1. The molecular weight excluding hydrogens is 438 g/mol. The van der Waals surface area contributed by atoms with Crippen LogP contribution >= 0.6 is 0 Å². The van der Waals surface area contributed by atoms with E-state index in [-0.39, 0.29) is 17.2 Å². The molecule has 0 amide bonds. The van der Waals surface area contributed by atoms with Crippen LogP contribution in [0.25, 0.3) is 10.9 Å². The Labute approximate surface area is 182 Å². The lowest BCUT2D eigenvalue weighted by Gasteiger charge is -2.28. The average Bonchev–Trinajstić information content (AvgIpc) is 3.12. The number of rotatable bonds is 6. The molecule has 0 bridgehead atoms. The van der Waals surface area contributed by atoms with Crippen LogP contribution in [-0.4, -0.2) is 45.4 Å². The Balaban J connectivity index is 1.45. The Morgan fingerprint density at radius 3 is 2.55 bits per heavy atom. The lowest BCUT2D eigenvalue weighted by molar-refractivity contribution is 0.182. The third kappa shape index (κ3) is 4.47. The fourth-order valence-electron chi connectivity index (χ4n) is 3.77. The highest BCUT2D eigenvalue weighted by Crippen LogP contribution is 2.25. The van der Waals surface area contributed by atoms with E-state index in [1.807, 2.05) is 36.0 Å². The molecule has 1 unspecified atom stereocenters. The molecule has 1 saturated heterocycles. The summed E-state index contributed by atoms with van der Waals surface area (Å²) in [5.74, 6) is 0.0985. The lowest BCUT2D eigenvalue weighted by atomic mass is 10.1. The van der Waals surface area contributed by atoms with Gasteiger partial charge in [-0.3, -0.25) is 4.31 Å². The van der Waals surface area contributed by atoms with Crippen molar-refractivity contribution in [1.29, 1.82) is 0 Å². The molecule has 1 aliphatic heterocycles. The number of hydrogen-bond acceptors (Lipinski definition) is 5. The number of nitrogens with zero attached hydrogens (tertiary/aromatic N) is 2. The van der Waals surface area contributed by atoms with Crippen LogP contribution in [0.1, 0.15) is 24.5 Å². The summed E-state index contributed by atoms with van der Waals surface area (Å²) in [6.07, 6.45) is 2.32. The van der Waals surface area contributed by atoms with E-state index < -0.39 is 26.2 Å². The van der Waals surface area contributed by atoms with E-state index in [1.54, 1.807) is 6.07 Å². The maximum absolute atomic E-state index is 12.6. The molecule has 2 aromatic carbocycles. The Hall–Kier alpha value is -2.40. The van der Waals surface area contributed by atoms with Gasteiger partial charge in [0.2, 0.25) is 20.0 Å². The molecule has 4 rings (SSSR count). The second-order valence-corrected chi connectivity index (χ2v) is 11.5. The van der Waals surface area contributed by atoms with E-state index in [9.17, 15) is 21.9 Å². The smallest absolute Gasteiger partial charge is 0.240 e. The van der Waals surface area contributed by atoms with Crippen LogP contribution in [0, 0.1) is 0 Å². The van der Waals surface area contributed by atoms with Crippen molar-refractivity contribution in [3.8, 4) is 0 Å². The Morgan fingerprint density at radius 1 is 1.10 bits per heavy atom. The molecule has 0 aliphatic carbocycles. The van der Waals surface area contributed by atoms with Gasteiger partial charge in [-0.1, -0.05) is 6.07 Å². The first-order valence-electron chi connectivity index (χ1n) is 10.0. The first-order chi connectivity index (χ1) is 14.7. The van der Waals surface area contributed by atoms with Gasteiger partial charge in [0.15, 0.2) is 0 Å². The van der Waals surface area contributed by atoms with Gasteiger partial charge in [0.05, 0.1) is 22.4 Å². The van der Waals surface area contributed by atoms with Gasteiger partial charge in [-0.2, -0.15) is 0 Å². The molecule has 0 radical (unpaired) electrons. The molecule has 31 heavy (non-hydrogen) atoms. The minimum atomic E-state index is -3.86. The van der Waals surface area contributed by atoms with Crippen LogP contribution < -0.4 is 9.03 Å². The summed E-state index contributed by atoms with van der Waals surface area (Å²) in [6, 6.07) is 13.2. The molecule has 10 heteroatoms. The van der Waals surface area contributed by atoms with E-state index >= 15 is 0 Å². The van der Waals surface area contributed by atoms with Gasteiger partial charge in [-0.05, 0) is 66.3 Å². The molecule has 1 atom stereocenters. The minimum Gasteiger partial charge on any atom is -0.387 e. The summed E-state index contributed by atoms with van der Waals surface area (Å²) >= 11 is 0. The van der Waals surface area contributed by atoms with E-state index in [1.165, 1.54) is 28.6 Å². The summed E-state index contributed by atoms with van der Waals surface area (Å²) in [7, 11) is -5.29. The Bertz CT molecular complexity index is 1300. The summed E-state index contributed by atoms with van der Waals surface area (Å²) in [6.45, 7) is 0.216. The Kier molecular flexibility index (Phi) is 5.82. The third-order valence-electron chi connectivity index (χ3n) is 5.55. The highest BCUT2D eigenvalue weighted by molar-refractivity contribution is 7.92. The highest BCUT2D eigenvalue weighted by atomic mass is 32.2. The molecule has 1 aromatic heterocycles. The number of aromatic nitrogens is 1. The molecule has 166 valence electrons. The number of sulfonamides is 2. The van der Waals surface area contributed by atoms with Crippen LogP contribution in [0.3, 0.4) is 0 Å². The summed E-state index contributed by atoms with van der Waals surface area (Å²) < 4.78 is 55.4. The number of hydrogen-bond donors (Lipinski definition) is 2. The molecular formula is C21H25N3O5S2. The van der Waals surface area contributed by atoms with Crippen molar-refractivity contribution < 1.29 is 21.9 Å². The van der Waals surface area contributed by atoms with Crippen LogP contribution in [0.4, 0.5) is 5.69 Å². The zero-order valence-electron chi connectivity index (χ0n) is 17.1. The topological polar surface area (TPSA) is 109 Å². The first-order valence-corrected chi connectivity index (χ1v) is 13.1. The molecule has 1 aliphatic rings. The summed E-state index contributed by atoms with van der Waals surface area (Å²) in [5.41, 5.74) is 2.09. The number of anilines is 1. The van der Waals surface area contributed by atoms with Crippen molar-refractivity contribution in [2.24, 2.45) is 7.05 Å². The average molecular weight is 464 g/mol. The van der Waals surface area contributed by atoms with Crippen molar-refractivity contribution in [2.75, 3.05) is 23.1 Å². The van der Waals surface area contributed by atoms with E-state index in [2.05, 4.69) is 4.72 Å². The second kappa shape index (κ2) is 8.27. The largest absolute Gasteiger partial charge is 0.387 e. The van der Waals surface area contributed by atoms with Gasteiger partial charge >= 0.3 is 0 Å². The molecule has 0 spiro atoms. The van der Waals surface area contributed by atoms with Gasteiger partial charge in [0, 0.05) is 31.9 Å². The van der Waals surface area contributed by atoms with Crippen LogP contribution in [0.2, 0.25) is 0 Å². The van der Waals surface area contributed by atoms with Gasteiger partial charge in [0.25, 0.3) is 0 Å². The number of aryl methyl sites for hydroxylation is 1. The van der Waals surface area contributed by atoms with Crippen LogP contribution in [-0.2, 0) is 27.1 Å². The zero-order valence-corrected chi connectivity index (χ0v) is 18.7. The van der Waals surface area contributed by atoms with Crippen LogP contribution in [0.15, 0.2) is 59.6 Å². The van der Waals surface area contributed by atoms with Gasteiger partial charge in [-0.15, -0.1) is 0 Å². The molecule has 3 aromatic rings. The van der Waals surface area contributed by atoms with Crippen molar-refractivity contribution >= 4 is 36.6 Å². The molecule has 8 nitrogen and oxygen atoms in total. The summed E-state index contributed by atoms with van der Waals surface area (Å²) in [4.78, 5) is 0.0105. The number of fused-ring (bicyclic) bond motifs is 1. The molecule has 1 fully saturated rings. The first kappa shape index (κ1) is 21.8. The SMILES string of the molecule is Cn1ccc2cc(C(O)CNS(=O)(=O)c3ccc(N4CCCCS4(=O)=O)cc3)ccc21. The number of benzene rings is 2. The van der Waals surface area contributed by atoms with Gasteiger partial charge < -0.3 is 9.67 Å².